The highest BCUT2D eigenvalue weighted by molar-refractivity contribution is 7.92. The highest BCUT2D eigenvalue weighted by Gasteiger charge is 2.16. The highest BCUT2D eigenvalue weighted by atomic mass is 35.5. The number of alkyl halides is 1. The van der Waals surface area contributed by atoms with E-state index < -0.39 is 10.0 Å². The lowest BCUT2D eigenvalue weighted by Crippen LogP contribution is -2.22. The summed E-state index contributed by atoms with van der Waals surface area (Å²) in [7, 11) is -1.84. The van der Waals surface area contributed by atoms with E-state index in [4.69, 9.17) is 16.3 Å². The summed E-state index contributed by atoms with van der Waals surface area (Å²) in [5.74, 6) is 0.851. The Kier molecular flexibility index (Phi) is 5.28. The summed E-state index contributed by atoms with van der Waals surface area (Å²) < 4.78 is 31.5. The first-order chi connectivity index (χ1) is 8.38. The van der Waals surface area contributed by atoms with Gasteiger partial charge < -0.3 is 4.74 Å². The maximum Gasteiger partial charge on any atom is 0.233 e. The number of methoxy groups -OCH3 is 1. The molecule has 0 aliphatic carbocycles. The lowest BCUT2D eigenvalue weighted by molar-refractivity contribution is 0.415. The summed E-state index contributed by atoms with van der Waals surface area (Å²) in [5, 5.41) is 0. The van der Waals surface area contributed by atoms with Crippen LogP contribution in [0.15, 0.2) is 18.2 Å². The van der Waals surface area contributed by atoms with E-state index in [1.54, 1.807) is 26.2 Å². The number of hydrogen-bond donors (Lipinski definition) is 1. The standard InChI is InChI=1S/C12H18ClNO3S/c1-9(7-13)8-18(15,16)14-12-6-11(17-3)5-4-10(12)2/h4-6,9,14H,7-8H2,1-3H3. The fourth-order valence-corrected chi connectivity index (χ4v) is 3.21. The number of hydrogen-bond acceptors (Lipinski definition) is 3. The van der Waals surface area contributed by atoms with Crippen LogP contribution in [0.2, 0.25) is 0 Å². The Balaban J connectivity index is 2.89. The molecule has 0 aromatic heterocycles. The lowest BCUT2D eigenvalue weighted by atomic mass is 10.2. The number of aryl methyl sites for hydroxylation is 1. The van der Waals surface area contributed by atoms with Crippen LogP contribution < -0.4 is 9.46 Å². The summed E-state index contributed by atoms with van der Waals surface area (Å²) in [6.07, 6.45) is 0. The van der Waals surface area contributed by atoms with Gasteiger partial charge in [0, 0.05) is 11.9 Å². The largest absolute Gasteiger partial charge is 0.497 e. The van der Waals surface area contributed by atoms with Gasteiger partial charge in [0.2, 0.25) is 10.0 Å². The summed E-state index contributed by atoms with van der Waals surface area (Å²) in [6, 6.07) is 5.26. The first-order valence-electron chi connectivity index (χ1n) is 5.59. The second-order valence-corrected chi connectivity index (χ2v) is 6.40. The Labute approximate surface area is 113 Å². The van der Waals surface area contributed by atoms with Crippen molar-refractivity contribution in [2.75, 3.05) is 23.5 Å². The zero-order valence-electron chi connectivity index (χ0n) is 10.7. The Morgan fingerprint density at radius 1 is 1.44 bits per heavy atom. The van der Waals surface area contributed by atoms with Crippen LogP contribution in [0.1, 0.15) is 12.5 Å². The molecule has 0 saturated carbocycles. The molecule has 1 aromatic carbocycles. The molecule has 1 unspecified atom stereocenters. The van der Waals surface area contributed by atoms with Crippen LogP contribution in [0.4, 0.5) is 5.69 Å². The number of ether oxygens (including phenoxy) is 1. The predicted octanol–water partition coefficient (Wildman–Crippen LogP) is 2.62. The number of anilines is 1. The Morgan fingerprint density at radius 3 is 2.67 bits per heavy atom. The van der Waals surface area contributed by atoms with E-state index in [2.05, 4.69) is 4.72 Å². The molecule has 1 aromatic rings. The van der Waals surface area contributed by atoms with Gasteiger partial charge in [-0.05, 0) is 24.5 Å². The number of benzene rings is 1. The van der Waals surface area contributed by atoms with Crippen LogP contribution in [0.5, 0.6) is 5.75 Å². The molecule has 6 heteroatoms. The van der Waals surface area contributed by atoms with Crippen molar-refractivity contribution in [1.82, 2.24) is 0 Å². The van der Waals surface area contributed by atoms with Gasteiger partial charge in [-0.25, -0.2) is 8.42 Å². The van der Waals surface area contributed by atoms with Crippen LogP contribution in [-0.2, 0) is 10.0 Å². The number of rotatable bonds is 6. The number of sulfonamides is 1. The first kappa shape index (κ1) is 15.1. The van der Waals surface area contributed by atoms with Crippen molar-refractivity contribution in [3.8, 4) is 5.75 Å². The van der Waals surface area contributed by atoms with E-state index in [0.717, 1.165) is 5.56 Å². The van der Waals surface area contributed by atoms with E-state index in [1.165, 1.54) is 0 Å². The third-order valence-electron chi connectivity index (χ3n) is 2.48. The van der Waals surface area contributed by atoms with Gasteiger partial charge in [-0.3, -0.25) is 4.72 Å². The highest BCUT2D eigenvalue weighted by Crippen LogP contribution is 2.23. The molecule has 4 nitrogen and oxygen atoms in total. The summed E-state index contributed by atoms with van der Waals surface area (Å²) in [4.78, 5) is 0. The maximum absolute atomic E-state index is 11.9. The summed E-state index contributed by atoms with van der Waals surface area (Å²) in [6.45, 7) is 3.63. The topological polar surface area (TPSA) is 55.4 Å². The van der Waals surface area contributed by atoms with Crippen LogP contribution in [0.25, 0.3) is 0 Å². The molecule has 0 radical (unpaired) electrons. The molecule has 0 heterocycles. The Hall–Kier alpha value is -0.940. The maximum atomic E-state index is 11.9. The third-order valence-corrected chi connectivity index (χ3v) is 4.54. The van der Waals surface area contributed by atoms with Crippen molar-refractivity contribution in [1.29, 1.82) is 0 Å². The third kappa shape index (κ3) is 4.38. The molecule has 0 bridgehead atoms. The van der Waals surface area contributed by atoms with E-state index in [-0.39, 0.29) is 11.7 Å². The van der Waals surface area contributed by atoms with E-state index in [1.807, 2.05) is 13.0 Å². The second kappa shape index (κ2) is 6.29. The smallest absolute Gasteiger partial charge is 0.233 e. The van der Waals surface area contributed by atoms with Crippen molar-refractivity contribution in [2.45, 2.75) is 13.8 Å². The zero-order chi connectivity index (χ0) is 13.8. The van der Waals surface area contributed by atoms with Gasteiger partial charge in [-0.15, -0.1) is 11.6 Å². The molecule has 0 aliphatic heterocycles. The monoisotopic (exact) mass is 291 g/mol. The second-order valence-electron chi connectivity index (χ2n) is 4.32. The van der Waals surface area contributed by atoms with Gasteiger partial charge >= 0.3 is 0 Å². The van der Waals surface area contributed by atoms with Crippen molar-refractivity contribution in [3.05, 3.63) is 23.8 Å². The average molecular weight is 292 g/mol. The average Bonchev–Trinajstić information content (AvgIpc) is 2.31. The van der Waals surface area contributed by atoms with Crippen molar-refractivity contribution in [2.24, 2.45) is 5.92 Å². The minimum atomic E-state index is -3.38. The molecule has 0 spiro atoms. The molecular formula is C12H18ClNO3S. The fraction of sp³-hybridized carbons (Fsp3) is 0.500. The van der Waals surface area contributed by atoms with Crippen LogP contribution in [-0.4, -0.2) is 27.2 Å². The van der Waals surface area contributed by atoms with E-state index in [0.29, 0.717) is 17.3 Å². The summed E-state index contributed by atoms with van der Waals surface area (Å²) >= 11 is 5.63. The van der Waals surface area contributed by atoms with Crippen LogP contribution >= 0.6 is 11.6 Å². The molecule has 0 amide bonds. The summed E-state index contributed by atoms with van der Waals surface area (Å²) in [5.41, 5.74) is 1.38. The van der Waals surface area contributed by atoms with Crippen LogP contribution in [0.3, 0.4) is 0 Å². The van der Waals surface area contributed by atoms with Crippen LogP contribution in [0, 0.1) is 12.8 Å². The predicted molar refractivity (Wildman–Crippen MR) is 75.0 cm³/mol. The normalized spacial score (nSPS) is 13.1. The van der Waals surface area contributed by atoms with Gasteiger partial charge in [-0.2, -0.15) is 0 Å². The zero-order valence-corrected chi connectivity index (χ0v) is 12.3. The van der Waals surface area contributed by atoms with Gasteiger partial charge in [-0.1, -0.05) is 13.0 Å². The molecule has 0 fully saturated rings. The van der Waals surface area contributed by atoms with Gasteiger partial charge in [0.15, 0.2) is 0 Å². The molecule has 1 atom stereocenters. The SMILES string of the molecule is COc1ccc(C)c(NS(=O)(=O)CC(C)CCl)c1. The fourth-order valence-electron chi connectivity index (χ4n) is 1.47. The van der Waals surface area contributed by atoms with E-state index >= 15 is 0 Å². The van der Waals surface area contributed by atoms with Gasteiger partial charge in [0.25, 0.3) is 0 Å². The van der Waals surface area contributed by atoms with Crippen molar-refractivity contribution < 1.29 is 13.2 Å². The molecular weight excluding hydrogens is 274 g/mol. The van der Waals surface area contributed by atoms with Crippen molar-refractivity contribution in [3.63, 3.8) is 0 Å². The van der Waals surface area contributed by atoms with E-state index in [9.17, 15) is 8.42 Å². The minimum absolute atomic E-state index is 0.00709. The number of nitrogens with one attached hydrogen (secondary N) is 1. The van der Waals surface area contributed by atoms with Crippen molar-refractivity contribution >= 4 is 27.3 Å². The van der Waals surface area contributed by atoms with Gasteiger partial charge in [0.05, 0.1) is 18.6 Å². The Morgan fingerprint density at radius 2 is 2.11 bits per heavy atom. The molecule has 1 N–H and O–H groups in total. The first-order valence-corrected chi connectivity index (χ1v) is 7.77. The van der Waals surface area contributed by atoms with Gasteiger partial charge in [0.1, 0.15) is 5.75 Å². The molecule has 1 rings (SSSR count). The molecule has 102 valence electrons. The minimum Gasteiger partial charge on any atom is -0.497 e. The number of halogens is 1. The molecule has 18 heavy (non-hydrogen) atoms. The Bertz CT molecular complexity index is 502. The quantitative estimate of drug-likeness (QED) is 0.820. The lowest BCUT2D eigenvalue weighted by Gasteiger charge is -2.13. The molecule has 0 saturated heterocycles. The molecule has 0 aliphatic rings.